The molecule has 1 aromatic carbocycles. The number of benzene rings is 1. The molecule has 0 N–H and O–H groups in total. The van der Waals surface area contributed by atoms with Crippen molar-refractivity contribution in [3.05, 3.63) is 35.1 Å². The van der Waals surface area contributed by atoms with Crippen molar-refractivity contribution in [2.45, 2.75) is 38.6 Å². The first-order valence-electron chi connectivity index (χ1n) is 8.63. The van der Waals surface area contributed by atoms with E-state index >= 15 is 0 Å². The van der Waals surface area contributed by atoms with E-state index in [-0.39, 0.29) is 11.9 Å². The fourth-order valence-electron chi connectivity index (χ4n) is 3.78. The summed E-state index contributed by atoms with van der Waals surface area (Å²) >= 11 is 0. The van der Waals surface area contributed by atoms with Gasteiger partial charge in [-0.15, -0.1) is 0 Å². The van der Waals surface area contributed by atoms with Crippen LogP contribution in [-0.2, 0) is 11.2 Å². The van der Waals surface area contributed by atoms with Crippen LogP contribution in [0, 0.1) is 5.82 Å². The minimum absolute atomic E-state index is 0.145. The van der Waals surface area contributed by atoms with E-state index in [0.717, 1.165) is 50.9 Å². The molecule has 1 aliphatic heterocycles. The number of amides is 1. The predicted molar refractivity (Wildman–Crippen MR) is 86.9 cm³/mol. The number of nitrogens with zero attached hydrogens (tertiary/aromatic N) is 2. The second-order valence-electron chi connectivity index (χ2n) is 6.33. The summed E-state index contributed by atoms with van der Waals surface area (Å²) < 4.78 is 18.6. The highest BCUT2D eigenvalue weighted by Gasteiger charge is 2.28. The Balaban J connectivity index is 1.70. The van der Waals surface area contributed by atoms with Crippen LogP contribution in [0.5, 0.6) is 0 Å². The topological polar surface area (TPSA) is 32.8 Å². The maximum atomic E-state index is 13.5. The number of carbonyl (C=O) groups is 1. The molecule has 1 aromatic rings. The first-order chi connectivity index (χ1) is 11.2. The lowest BCUT2D eigenvalue weighted by Gasteiger charge is -2.35. The summed E-state index contributed by atoms with van der Waals surface area (Å²) in [7, 11) is 0. The standard InChI is InChI=1S/C18H25FN2O2/c1-2-23-18(22)21-10-4-9-20(11-12-21)17-6-3-5-14-13-15(19)7-8-16(14)17/h7-8,13,17H,2-6,9-12H2,1H3/t17-/m1/s1. The summed E-state index contributed by atoms with van der Waals surface area (Å²) in [4.78, 5) is 16.2. The summed E-state index contributed by atoms with van der Waals surface area (Å²) in [6.45, 7) is 5.52. The number of aryl methyl sites for hydroxylation is 1. The first kappa shape index (κ1) is 16.2. The number of carbonyl (C=O) groups excluding carboxylic acids is 1. The van der Waals surface area contributed by atoms with E-state index in [2.05, 4.69) is 4.90 Å². The molecule has 1 fully saturated rings. The van der Waals surface area contributed by atoms with Crippen LogP contribution < -0.4 is 0 Å². The number of ether oxygens (including phenoxy) is 1. The Labute approximate surface area is 137 Å². The third kappa shape index (κ3) is 3.66. The number of hydrogen-bond acceptors (Lipinski definition) is 3. The van der Waals surface area contributed by atoms with Crippen LogP contribution in [0.2, 0.25) is 0 Å². The zero-order valence-corrected chi connectivity index (χ0v) is 13.8. The molecule has 3 rings (SSSR count). The van der Waals surface area contributed by atoms with Crippen LogP contribution in [0.15, 0.2) is 18.2 Å². The highest BCUT2D eigenvalue weighted by molar-refractivity contribution is 5.67. The molecule has 1 saturated heterocycles. The normalized spacial score (nSPS) is 22.3. The summed E-state index contributed by atoms with van der Waals surface area (Å²) in [6.07, 6.45) is 3.91. The molecule has 1 amide bonds. The molecule has 5 heteroatoms. The van der Waals surface area contributed by atoms with Crippen LogP contribution in [0.3, 0.4) is 0 Å². The molecular weight excluding hydrogens is 295 g/mol. The molecule has 0 saturated carbocycles. The Morgan fingerprint density at radius 1 is 1.26 bits per heavy atom. The molecule has 0 aromatic heterocycles. The lowest BCUT2D eigenvalue weighted by Crippen LogP contribution is -2.37. The van der Waals surface area contributed by atoms with Crippen LogP contribution in [0.1, 0.15) is 43.4 Å². The van der Waals surface area contributed by atoms with Gasteiger partial charge in [0.25, 0.3) is 0 Å². The van der Waals surface area contributed by atoms with Gasteiger partial charge in [-0.05, 0) is 55.9 Å². The maximum absolute atomic E-state index is 13.5. The van der Waals surface area contributed by atoms with E-state index in [9.17, 15) is 9.18 Å². The lowest BCUT2D eigenvalue weighted by molar-refractivity contribution is 0.107. The zero-order valence-electron chi connectivity index (χ0n) is 13.8. The van der Waals surface area contributed by atoms with Crippen molar-refractivity contribution < 1.29 is 13.9 Å². The van der Waals surface area contributed by atoms with E-state index in [1.807, 2.05) is 13.0 Å². The van der Waals surface area contributed by atoms with Gasteiger partial charge in [0.2, 0.25) is 0 Å². The second kappa shape index (κ2) is 7.30. The number of hydrogen-bond donors (Lipinski definition) is 0. The number of fused-ring (bicyclic) bond motifs is 1. The molecule has 4 nitrogen and oxygen atoms in total. The van der Waals surface area contributed by atoms with E-state index in [4.69, 9.17) is 4.74 Å². The van der Waals surface area contributed by atoms with Crippen molar-refractivity contribution in [2.24, 2.45) is 0 Å². The molecule has 2 aliphatic rings. The largest absolute Gasteiger partial charge is 0.450 e. The van der Waals surface area contributed by atoms with Gasteiger partial charge in [0.05, 0.1) is 6.61 Å². The van der Waals surface area contributed by atoms with Gasteiger partial charge in [0.1, 0.15) is 5.82 Å². The minimum Gasteiger partial charge on any atom is -0.450 e. The second-order valence-corrected chi connectivity index (χ2v) is 6.33. The molecule has 0 bridgehead atoms. The van der Waals surface area contributed by atoms with Crippen LogP contribution in [-0.4, -0.2) is 48.7 Å². The lowest BCUT2D eigenvalue weighted by atomic mass is 9.86. The average molecular weight is 320 g/mol. The maximum Gasteiger partial charge on any atom is 0.409 e. The van der Waals surface area contributed by atoms with Crippen molar-refractivity contribution in [3.8, 4) is 0 Å². The fraction of sp³-hybridized carbons (Fsp3) is 0.611. The monoisotopic (exact) mass is 320 g/mol. The molecular formula is C18H25FN2O2. The van der Waals surface area contributed by atoms with Crippen molar-refractivity contribution in [1.82, 2.24) is 9.80 Å². The average Bonchev–Trinajstić information content (AvgIpc) is 2.80. The van der Waals surface area contributed by atoms with E-state index in [0.29, 0.717) is 19.2 Å². The van der Waals surface area contributed by atoms with E-state index < -0.39 is 0 Å². The molecule has 126 valence electrons. The van der Waals surface area contributed by atoms with Crippen molar-refractivity contribution >= 4 is 6.09 Å². The van der Waals surface area contributed by atoms with Gasteiger partial charge in [-0.2, -0.15) is 0 Å². The number of rotatable bonds is 2. The summed E-state index contributed by atoms with van der Waals surface area (Å²) in [5.41, 5.74) is 2.41. The molecule has 23 heavy (non-hydrogen) atoms. The van der Waals surface area contributed by atoms with Crippen LogP contribution in [0.25, 0.3) is 0 Å². The van der Waals surface area contributed by atoms with Crippen LogP contribution in [0.4, 0.5) is 9.18 Å². The molecule has 1 heterocycles. The molecule has 0 unspecified atom stereocenters. The van der Waals surface area contributed by atoms with Gasteiger partial charge in [-0.3, -0.25) is 4.90 Å². The summed E-state index contributed by atoms with van der Waals surface area (Å²) in [5.74, 6) is -0.145. The van der Waals surface area contributed by atoms with Crippen molar-refractivity contribution in [2.75, 3.05) is 32.8 Å². The molecule has 1 atom stereocenters. The van der Waals surface area contributed by atoms with Gasteiger partial charge in [-0.1, -0.05) is 6.07 Å². The van der Waals surface area contributed by atoms with Gasteiger partial charge in [0, 0.05) is 32.2 Å². The highest BCUT2D eigenvalue weighted by atomic mass is 19.1. The zero-order chi connectivity index (χ0) is 16.2. The fourth-order valence-corrected chi connectivity index (χ4v) is 3.78. The summed E-state index contributed by atoms with van der Waals surface area (Å²) in [6, 6.07) is 5.55. The van der Waals surface area contributed by atoms with Gasteiger partial charge >= 0.3 is 6.09 Å². The predicted octanol–water partition coefficient (Wildman–Crippen LogP) is 3.37. The smallest absolute Gasteiger partial charge is 0.409 e. The SMILES string of the molecule is CCOC(=O)N1CCCN([C@@H]2CCCc3cc(F)ccc32)CC1. The Morgan fingerprint density at radius 3 is 2.96 bits per heavy atom. The Bertz CT molecular complexity index is 564. The van der Waals surface area contributed by atoms with Gasteiger partial charge in [-0.25, -0.2) is 9.18 Å². The third-order valence-electron chi connectivity index (χ3n) is 4.88. The van der Waals surface area contributed by atoms with E-state index in [1.54, 1.807) is 17.0 Å². The van der Waals surface area contributed by atoms with Crippen LogP contribution >= 0.6 is 0 Å². The molecule has 1 aliphatic carbocycles. The molecule has 0 radical (unpaired) electrons. The molecule has 0 spiro atoms. The quantitative estimate of drug-likeness (QED) is 0.837. The van der Waals surface area contributed by atoms with Gasteiger partial charge in [0.15, 0.2) is 0 Å². The summed E-state index contributed by atoms with van der Waals surface area (Å²) in [5, 5.41) is 0. The van der Waals surface area contributed by atoms with Crippen molar-refractivity contribution in [1.29, 1.82) is 0 Å². The number of halogens is 1. The Morgan fingerprint density at radius 2 is 2.13 bits per heavy atom. The highest BCUT2D eigenvalue weighted by Crippen LogP contribution is 2.35. The minimum atomic E-state index is -0.208. The van der Waals surface area contributed by atoms with Crippen molar-refractivity contribution in [3.63, 3.8) is 0 Å². The first-order valence-corrected chi connectivity index (χ1v) is 8.63. The van der Waals surface area contributed by atoms with Gasteiger partial charge < -0.3 is 9.64 Å². The van der Waals surface area contributed by atoms with E-state index in [1.165, 1.54) is 5.56 Å². The Hall–Kier alpha value is -1.62. The Kier molecular flexibility index (Phi) is 5.16. The third-order valence-corrected chi connectivity index (χ3v) is 4.88.